The first kappa shape index (κ1) is 10.5. The summed E-state index contributed by atoms with van der Waals surface area (Å²) in [5, 5.41) is 0. The zero-order valence-electron chi connectivity index (χ0n) is 10.1. The van der Waals surface area contributed by atoms with E-state index in [1.54, 1.807) is 0 Å². The summed E-state index contributed by atoms with van der Waals surface area (Å²) in [6, 6.07) is 0. The Morgan fingerprint density at radius 2 is 1.29 bits per heavy atom. The van der Waals surface area contributed by atoms with Crippen molar-refractivity contribution in [3.63, 3.8) is 0 Å². The normalized spacial score (nSPS) is 45.6. The van der Waals surface area contributed by atoms with E-state index in [0.29, 0.717) is 0 Å². The SMILES string of the molecule is CC1CCC(C)C(C2CCCC2)C1C. The first-order chi connectivity index (χ1) is 6.70. The zero-order chi connectivity index (χ0) is 10.1. The predicted octanol–water partition coefficient (Wildman–Crippen LogP) is 4.49. The fourth-order valence-corrected chi connectivity index (χ4v) is 4.11. The molecule has 4 atom stereocenters. The van der Waals surface area contributed by atoms with Crippen molar-refractivity contribution < 1.29 is 0 Å². The molecule has 0 saturated heterocycles. The molecule has 0 heteroatoms. The molecule has 82 valence electrons. The van der Waals surface area contributed by atoms with Gasteiger partial charge < -0.3 is 0 Å². The summed E-state index contributed by atoms with van der Waals surface area (Å²) < 4.78 is 0. The van der Waals surface area contributed by atoms with Gasteiger partial charge in [-0.05, 0) is 29.6 Å². The molecule has 2 aliphatic carbocycles. The first-order valence-corrected chi connectivity index (χ1v) is 6.70. The summed E-state index contributed by atoms with van der Waals surface area (Å²) in [4.78, 5) is 0. The van der Waals surface area contributed by atoms with Crippen LogP contribution < -0.4 is 0 Å². The maximum absolute atomic E-state index is 2.52. The lowest BCUT2D eigenvalue weighted by Crippen LogP contribution is -2.34. The lowest BCUT2D eigenvalue weighted by Gasteiger charge is -2.42. The minimum absolute atomic E-state index is 0.983. The topological polar surface area (TPSA) is 0 Å². The molecule has 0 amide bonds. The van der Waals surface area contributed by atoms with Crippen LogP contribution in [0.1, 0.15) is 59.3 Å². The quantitative estimate of drug-likeness (QED) is 0.577. The fourth-order valence-electron chi connectivity index (χ4n) is 4.11. The van der Waals surface area contributed by atoms with Crippen LogP contribution in [0.25, 0.3) is 0 Å². The minimum Gasteiger partial charge on any atom is -0.0622 e. The van der Waals surface area contributed by atoms with E-state index in [1.807, 2.05) is 0 Å². The Labute approximate surface area is 89.5 Å². The summed E-state index contributed by atoms with van der Waals surface area (Å²) in [5.41, 5.74) is 0. The summed E-state index contributed by atoms with van der Waals surface area (Å²) >= 11 is 0. The van der Waals surface area contributed by atoms with Crippen molar-refractivity contribution in [3.05, 3.63) is 0 Å². The van der Waals surface area contributed by atoms with Gasteiger partial charge in [0.25, 0.3) is 0 Å². The van der Waals surface area contributed by atoms with Crippen LogP contribution in [0, 0.1) is 29.6 Å². The minimum atomic E-state index is 0.983. The summed E-state index contributed by atoms with van der Waals surface area (Å²) in [5.74, 6) is 5.12. The van der Waals surface area contributed by atoms with Crippen LogP contribution in [0.5, 0.6) is 0 Å². The van der Waals surface area contributed by atoms with Crippen LogP contribution in [0.2, 0.25) is 0 Å². The molecule has 4 unspecified atom stereocenters. The molecule has 0 aromatic heterocycles. The summed E-state index contributed by atoms with van der Waals surface area (Å²) in [7, 11) is 0. The van der Waals surface area contributed by atoms with Gasteiger partial charge in [0, 0.05) is 0 Å². The van der Waals surface area contributed by atoms with Crippen molar-refractivity contribution in [1.82, 2.24) is 0 Å². The van der Waals surface area contributed by atoms with Crippen LogP contribution >= 0.6 is 0 Å². The third-order valence-electron chi connectivity index (χ3n) is 5.18. The van der Waals surface area contributed by atoms with Crippen LogP contribution in [0.3, 0.4) is 0 Å². The monoisotopic (exact) mass is 194 g/mol. The van der Waals surface area contributed by atoms with Gasteiger partial charge in [0.2, 0.25) is 0 Å². The highest BCUT2D eigenvalue weighted by molar-refractivity contribution is 4.87. The summed E-state index contributed by atoms with van der Waals surface area (Å²) in [6.07, 6.45) is 9.06. The molecule has 0 aromatic carbocycles. The molecular weight excluding hydrogens is 168 g/mol. The van der Waals surface area contributed by atoms with Crippen molar-refractivity contribution in [2.24, 2.45) is 29.6 Å². The third kappa shape index (κ3) is 1.85. The van der Waals surface area contributed by atoms with Gasteiger partial charge in [-0.1, -0.05) is 59.3 Å². The van der Waals surface area contributed by atoms with E-state index in [2.05, 4.69) is 20.8 Å². The lowest BCUT2D eigenvalue weighted by molar-refractivity contribution is 0.0717. The predicted molar refractivity (Wildman–Crippen MR) is 62.2 cm³/mol. The Kier molecular flexibility index (Phi) is 3.19. The highest BCUT2D eigenvalue weighted by Gasteiger charge is 2.38. The summed E-state index contributed by atoms with van der Waals surface area (Å²) in [6.45, 7) is 7.49. The molecule has 0 aliphatic heterocycles. The molecule has 0 bridgehead atoms. The van der Waals surface area contributed by atoms with Gasteiger partial charge in [-0.15, -0.1) is 0 Å². The largest absolute Gasteiger partial charge is 0.0622 e. The zero-order valence-corrected chi connectivity index (χ0v) is 10.1. The van der Waals surface area contributed by atoms with E-state index in [0.717, 1.165) is 29.6 Å². The Balaban J connectivity index is 2.04. The molecule has 0 nitrogen and oxygen atoms in total. The van der Waals surface area contributed by atoms with Crippen LogP contribution in [0.15, 0.2) is 0 Å². The van der Waals surface area contributed by atoms with E-state index >= 15 is 0 Å². The molecule has 2 rings (SSSR count). The molecular formula is C14H26. The average molecular weight is 194 g/mol. The Bertz CT molecular complexity index is 176. The molecule has 0 aromatic rings. The smallest absolute Gasteiger partial charge is 0.0332 e. The van der Waals surface area contributed by atoms with E-state index < -0.39 is 0 Å². The van der Waals surface area contributed by atoms with Gasteiger partial charge in [0.05, 0.1) is 0 Å². The van der Waals surface area contributed by atoms with Crippen LogP contribution in [0.4, 0.5) is 0 Å². The second-order valence-corrected chi connectivity index (χ2v) is 6.01. The molecule has 0 N–H and O–H groups in total. The van der Waals surface area contributed by atoms with Gasteiger partial charge in [0.15, 0.2) is 0 Å². The lowest BCUT2D eigenvalue weighted by atomic mass is 9.63. The maximum Gasteiger partial charge on any atom is -0.0332 e. The van der Waals surface area contributed by atoms with Gasteiger partial charge in [-0.2, -0.15) is 0 Å². The van der Waals surface area contributed by atoms with E-state index in [1.165, 1.54) is 38.5 Å². The molecule has 2 aliphatic rings. The number of hydrogen-bond acceptors (Lipinski definition) is 0. The van der Waals surface area contributed by atoms with E-state index in [9.17, 15) is 0 Å². The second-order valence-electron chi connectivity index (χ2n) is 6.01. The fraction of sp³-hybridized carbons (Fsp3) is 1.00. The van der Waals surface area contributed by atoms with Crippen molar-refractivity contribution in [1.29, 1.82) is 0 Å². The van der Waals surface area contributed by atoms with E-state index in [-0.39, 0.29) is 0 Å². The number of rotatable bonds is 1. The Hall–Kier alpha value is 0. The second kappa shape index (κ2) is 4.24. The molecule has 0 heterocycles. The Morgan fingerprint density at radius 1 is 0.714 bits per heavy atom. The molecule has 0 radical (unpaired) electrons. The van der Waals surface area contributed by atoms with Crippen molar-refractivity contribution >= 4 is 0 Å². The third-order valence-corrected chi connectivity index (χ3v) is 5.18. The van der Waals surface area contributed by atoms with Gasteiger partial charge in [0.1, 0.15) is 0 Å². The van der Waals surface area contributed by atoms with Crippen molar-refractivity contribution in [3.8, 4) is 0 Å². The average Bonchev–Trinajstić information content (AvgIpc) is 2.65. The molecule has 0 spiro atoms. The van der Waals surface area contributed by atoms with Crippen LogP contribution in [-0.4, -0.2) is 0 Å². The van der Waals surface area contributed by atoms with Crippen LogP contribution in [-0.2, 0) is 0 Å². The van der Waals surface area contributed by atoms with Gasteiger partial charge in [-0.25, -0.2) is 0 Å². The van der Waals surface area contributed by atoms with Crippen molar-refractivity contribution in [2.75, 3.05) is 0 Å². The molecule has 2 saturated carbocycles. The van der Waals surface area contributed by atoms with E-state index in [4.69, 9.17) is 0 Å². The maximum atomic E-state index is 2.52. The molecule has 2 fully saturated rings. The highest BCUT2D eigenvalue weighted by Crippen LogP contribution is 2.47. The van der Waals surface area contributed by atoms with Gasteiger partial charge in [-0.3, -0.25) is 0 Å². The number of hydrogen-bond donors (Lipinski definition) is 0. The van der Waals surface area contributed by atoms with Crippen molar-refractivity contribution in [2.45, 2.75) is 59.3 Å². The first-order valence-electron chi connectivity index (χ1n) is 6.70. The Morgan fingerprint density at radius 3 is 1.93 bits per heavy atom. The highest BCUT2D eigenvalue weighted by atomic mass is 14.4. The molecule has 14 heavy (non-hydrogen) atoms. The standard InChI is InChI=1S/C14H26/c1-10-8-9-11(2)14(12(10)3)13-6-4-5-7-13/h10-14H,4-9H2,1-3H3. The van der Waals surface area contributed by atoms with Gasteiger partial charge >= 0.3 is 0 Å².